The lowest BCUT2D eigenvalue weighted by molar-refractivity contribution is 0.108. The Hall–Kier alpha value is -0.320. The highest BCUT2D eigenvalue weighted by Crippen LogP contribution is 2.54. The highest BCUT2D eigenvalue weighted by atomic mass is 32.2. The number of phosphoric acid groups is 1. The fourth-order valence-electron chi connectivity index (χ4n) is 1.31. The fourth-order valence-corrected chi connectivity index (χ4v) is 3.73. The summed E-state index contributed by atoms with van der Waals surface area (Å²) >= 11 is 1.08. The van der Waals surface area contributed by atoms with E-state index in [4.69, 9.17) is 13.0 Å². The Labute approximate surface area is 119 Å². The summed E-state index contributed by atoms with van der Waals surface area (Å²) in [6, 6.07) is 9.81. The smallest absolute Gasteiger partial charge is 0.283 e. The summed E-state index contributed by atoms with van der Waals surface area (Å²) in [6.45, 7) is 7.17. The van der Waals surface area contributed by atoms with Crippen molar-refractivity contribution in [1.29, 1.82) is 0 Å². The van der Waals surface area contributed by atoms with Gasteiger partial charge in [-0.05, 0) is 33.3 Å². The zero-order valence-electron chi connectivity index (χ0n) is 11.7. The number of phosphoric ester groups is 1. The van der Waals surface area contributed by atoms with Crippen molar-refractivity contribution in [1.82, 2.24) is 0 Å². The zero-order chi connectivity index (χ0) is 14.3. The molecule has 0 fully saturated rings. The molecule has 108 valence electrons. The Bertz CT molecular complexity index is 394. The number of rotatable bonds is 8. The van der Waals surface area contributed by atoms with Gasteiger partial charge in [-0.25, -0.2) is 8.54 Å². The largest absolute Gasteiger partial charge is 0.486 e. The molecule has 0 saturated heterocycles. The molecule has 0 heterocycles. The molecule has 0 aliphatic heterocycles. The van der Waals surface area contributed by atoms with E-state index in [-0.39, 0.29) is 12.2 Å². The van der Waals surface area contributed by atoms with E-state index in [9.17, 15) is 4.57 Å². The van der Waals surface area contributed by atoms with Gasteiger partial charge in [0.15, 0.2) is 0 Å². The van der Waals surface area contributed by atoms with Crippen LogP contribution in [0.3, 0.4) is 0 Å². The summed E-state index contributed by atoms with van der Waals surface area (Å²) in [6.07, 6.45) is -0.441. The Morgan fingerprint density at radius 1 is 1.05 bits per heavy atom. The third-order valence-electron chi connectivity index (χ3n) is 1.89. The van der Waals surface area contributed by atoms with Crippen LogP contribution in [-0.4, -0.2) is 12.2 Å². The Morgan fingerprint density at radius 2 is 1.58 bits per heavy atom. The van der Waals surface area contributed by atoms with Gasteiger partial charge in [0.2, 0.25) is 0 Å². The molecule has 0 aliphatic carbocycles. The highest BCUT2D eigenvalue weighted by Gasteiger charge is 2.30. The maximum atomic E-state index is 12.3. The molecule has 1 aromatic rings. The first-order valence-electron chi connectivity index (χ1n) is 6.23. The van der Waals surface area contributed by atoms with Gasteiger partial charge in [-0.1, -0.05) is 30.3 Å². The molecule has 0 N–H and O–H groups in total. The molecule has 0 atom stereocenters. The molecule has 1 aromatic carbocycles. The molecule has 0 bridgehead atoms. The first kappa shape index (κ1) is 16.7. The van der Waals surface area contributed by atoms with Gasteiger partial charge in [-0.3, -0.25) is 9.05 Å². The normalized spacial score (nSPS) is 12.3. The van der Waals surface area contributed by atoms with E-state index < -0.39 is 7.82 Å². The molecule has 0 saturated carbocycles. The lowest BCUT2D eigenvalue weighted by Gasteiger charge is -2.20. The third-order valence-corrected chi connectivity index (χ3v) is 4.86. The van der Waals surface area contributed by atoms with Crippen LogP contribution in [-0.2, 0) is 23.3 Å². The summed E-state index contributed by atoms with van der Waals surface area (Å²) in [5, 5.41) is 0. The van der Waals surface area contributed by atoms with Crippen molar-refractivity contribution >= 4 is 19.9 Å². The first-order valence-corrected chi connectivity index (χ1v) is 8.60. The molecule has 6 heteroatoms. The van der Waals surface area contributed by atoms with Crippen molar-refractivity contribution in [2.75, 3.05) is 0 Å². The van der Waals surface area contributed by atoms with E-state index in [2.05, 4.69) is 0 Å². The van der Waals surface area contributed by atoms with Crippen LogP contribution in [0.5, 0.6) is 0 Å². The van der Waals surface area contributed by atoms with Crippen molar-refractivity contribution in [3.05, 3.63) is 35.9 Å². The summed E-state index contributed by atoms with van der Waals surface area (Å²) in [4.78, 5) is 0. The molecule has 4 nitrogen and oxygen atoms in total. The molecular formula is C13H21O4PS. The number of hydrogen-bond acceptors (Lipinski definition) is 5. The minimum Gasteiger partial charge on any atom is -0.283 e. The van der Waals surface area contributed by atoms with Crippen LogP contribution in [0.15, 0.2) is 30.3 Å². The lowest BCUT2D eigenvalue weighted by Crippen LogP contribution is -2.08. The Kier molecular flexibility index (Phi) is 7.11. The summed E-state index contributed by atoms with van der Waals surface area (Å²) in [5.41, 5.74) is 1.09. The lowest BCUT2D eigenvalue weighted by atomic mass is 10.2. The molecule has 19 heavy (non-hydrogen) atoms. The molecule has 0 aromatic heterocycles. The SMILES string of the molecule is CC(C)OP(=O)(OSCc1ccccc1)OC(C)C. The van der Waals surface area contributed by atoms with Crippen LogP contribution in [0, 0.1) is 0 Å². The van der Waals surface area contributed by atoms with Crippen molar-refractivity contribution < 1.29 is 17.6 Å². The van der Waals surface area contributed by atoms with E-state index in [0.717, 1.165) is 17.6 Å². The van der Waals surface area contributed by atoms with Crippen molar-refractivity contribution in [3.63, 3.8) is 0 Å². The standard InChI is InChI=1S/C13H21O4PS/c1-11(2)15-18(14,16-12(3)4)17-19-10-13-8-6-5-7-9-13/h5-9,11-12H,10H2,1-4H3. The average molecular weight is 304 g/mol. The van der Waals surface area contributed by atoms with Crippen LogP contribution in [0.2, 0.25) is 0 Å². The van der Waals surface area contributed by atoms with E-state index in [0.29, 0.717) is 5.75 Å². The van der Waals surface area contributed by atoms with Gasteiger partial charge in [-0.15, -0.1) is 0 Å². The molecule has 0 amide bonds. The zero-order valence-corrected chi connectivity index (χ0v) is 13.4. The van der Waals surface area contributed by atoms with Gasteiger partial charge in [0.1, 0.15) is 0 Å². The van der Waals surface area contributed by atoms with Crippen LogP contribution < -0.4 is 0 Å². The van der Waals surface area contributed by atoms with E-state index in [1.807, 2.05) is 30.3 Å². The fraction of sp³-hybridized carbons (Fsp3) is 0.538. The number of benzene rings is 1. The third kappa shape index (κ3) is 7.14. The van der Waals surface area contributed by atoms with Crippen molar-refractivity contribution in [2.24, 2.45) is 0 Å². The second kappa shape index (κ2) is 8.08. The van der Waals surface area contributed by atoms with Crippen LogP contribution in [0.1, 0.15) is 33.3 Å². The highest BCUT2D eigenvalue weighted by molar-refractivity contribution is 7.97. The topological polar surface area (TPSA) is 44.8 Å². The molecule has 0 radical (unpaired) electrons. The van der Waals surface area contributed by atoms with Crippen LogP contribution >= 0.6 is 19.9 Å². The minimum absolute atomic E-state index is 0.220. The predicted octanol–water partition coefficient (Wildman–Crippen LogP) is 4.81. The second-order valence-corrected chi connectivity index (χ2v) is 7.01. The van der Waals surface area contributed by atoms with E-state index >= 15 is 0 Å². The van der Waals surface area contributed by atoms with Crippen molar-refractivity contribution in [2.45, 2.75) is 45.7 Å². The van der Waals surface area contributed by atoms with Crippen LogP contribution in [0.4, 0.5) is 0 Å². The maximum absolute atomic E-state index is 12.3. The molecule has 0 unspecified atom stereocenters. The first-order chi connectivity index (χ1) is 8.91. The molecule has 1 rings (SSSR count). The average Bonchev–Trinajstić information content (AvgIpc) is 2.27. The van der Waals surface area contributed by atoms with E-state index in [1.54, 1.807) is 27.7 Å². The molecule has 0 aliphatic rings. The van der Waals surface area contributed by atoms with Gasteiger partial charge in [0.05, 0.1) is 12.2 Å². The summed E-state index contributed by atoms with van der Waals surface area (Å²) in [5.74, 6) is 0.591. The van der Waals surface area contributed by atoms with Gasteiger partial charge in [-0.2, -0.15) is 0 Å². The summed E-state index contributed by atoms with van der Waals surface area (Å²) in [7, 11) is -3.51. The van der Waals surface area contributed by atoms with Gasteiger partial charge in [0.25, 0.3) is 0 Å². The monoisotopic (exact) mass is 304 g/mol. The summed E-state index contributed by atoms with van der Waals surface area (Å²) < 4.78 is 28.2. The Balaban J connectivity index is 2.51. The van der Waals surface area contributed by atoms with Gasteiger partial charge < -0.3 is 0 Å². The maximum Gasteiger partial charge on any atom is 0.486 e. The number of hydrogen-bond donors (Lipinski definition) is 0. The molecular weight excluding hydrogens is 283 g/mol. The van der Waals surface area contributed by atoms with E-state index in [1.165, 1.54) is 0 Å². The predicted molar refractivity (Wildman–Crippen MR) is 78.9 cm³/mol. The van der Waals surface area contributed by atoms with Gasteiger partial charge >= 0.3 is 7.82 Å². The van der Waals surface area contributed by atoms with Crippen molar-refractivity contribution in [3.8, 4) is 0 Å². The molecule has 0 spiro atoms. The van der Waals surface area contributed by atoms with Crippen LogP contribution in [0.25, 0.3) is 0 Å². The minimum atomic E-state index is -3.51. The quantitative estimate of drug-likeness (QED) is 0.509. The second-order valence-electron chi connectivity index (χ2n) is 4.58. The Morgan fingerprint density at radius 3 is 2.05 bits per heavy atom. The van der Waals surface area contributed by atoms with Gasteiger partial charge in [0, 0.05) is 17.8 Å².